The number of benzene rings is 3. The Labute approximate surface area is 571 Å². The number of ether oxygens (including phenoxy) is 1. The maximum absolute atomic E-state index is 14.8. The number of aliphatic hydroxyl groups is 1. The minimum Gasteiger partial charge on any atom is -0.490 e. The van der Waals surface area contributed by atoms with Crippen LogP contribution in [0.2, 0.25) is 5.02 Å². The molecule has 3 saturated heterocycles. The van der Waals surface area contributed by atoms with E-state index in [-0.39, 0.29) is 91.4 Å². The normalized spacial score (nSPS) is 21.0. The van der Waals surface area contributed by atoms with Crippen LogP contribution in [0.3, 0.4) is 0 Å². The van der Waals surface area contributed by atoms with E-state index in [9.17, 15) is 66.6 Å². The number of likely N-dealkylation sites (tertiary alicyclic amines) is 1. The lowest BCUT2D eigenvalue weighted by atomic mass is 9.74. The van der Waals surface area contributed by atoms with E-state index in [0.717, 1.165) is 50.7 Å². The molecule has 9 N–H and O–H groups in total. The summed E-state index contributed by atoms with van der Waals surface area (Å²) in [6, 6.07) is 12.3. The highest BCUT2D eigenvalue weighted by Crippen LogP contribution is 2.59. The van der Waals surface area contributed by atoms with Crippen molar-refractivity contribution in [3.63, 3.8) is 0 Å². The largest absolute Gasteiger partial charge is 0.490 e. The molecular weight excluding hydrogens is 1340 g/mol. The molecule has 0 unspecified atom stereocenters. The van der Waals surface area contributed by atoms with Crippen LogP contribution >= 0.6 is 41.9 Å². The van der Waals surface area contributed by atoms with Gasteiger partial charge in [-0.15, -0.1) is 22.7 Å². The highest BCUT2D eigenvalue weighted by Gasteiger charge is 2.52. The zero-order valence-corrected chi connectivity index (χ0v) is 57.6. The average molecular weight is 1420 g/mol. The molecule has 0 spiro atoms. The molecule has 8 amide bonds. The van der Waals surface area contributed by atoms with Crippen molar-refractivity contribution >= 4 is 99.2 Å². The number of hydrogen-bond acceptors (Lipinski definition) is 16. The first-order chi connectivity index (χ1) is 46.0. The van der Waals surface area contributed by atoms with E-state index in [1.165, 1.54) is 33.8 Å². The molecule has 0 radical (unpaired) electrons. The summed E-state index contributed by atoms with van der Waals surface area (Å²) in [5, 5.41) is 27.2. The molecule has 520 valence electrons. The third-order valence-electron chi connectivity index (χ3n) is 18.9. The lowest BCUT2D eigenvalue weighted by Crippen LogP contribution is -2.61. The number of amides is 8. The van der Waals surface area contributed by atoms with Crippen LogP contribution in [0.25, 0.3) is 20.5 Å². The number of rotatable bonds is 24. The third-order valence-corrected chi connectivity index (χ3v) is 22.4. The fraction of sp³-hybridized carbons (Fsp3) is 0.493. The number of unbranched alkanes of at least 4 members (excludes halogenated alkanes) is 2. The SMILES string of the molecule is CC(=O)N1CC[C@H]2CC[C@@H](C(=O)N[C@@H](CCC(N)=O)COc3cccc(CCCCCNC(=O)c4noc5c4CCCC(C)(C)[C@H]5C(=O)N4C[C@H](O)C[C@H]4C(=O)N[C@@H](C)c4ccc(-c5scnc5C)cc4)c3Cl)N2C(=O)[C@@H](NC(=O)c2cc3cc(C(F)(F)P(=O)(O)O)ccc3s2)C1. The summed E-state index contributed by atoms with van der Waals surface area (Å²) < 4.78 is 53.3. The molecule has 1 aliphatic carbocycles. The second-order valence-electron chi connectivity index (χ2n) is 26.2. The number of aryl methyl sites for hydroxylation is 2. The van der Waals surface area contributed by atoms with Gasteiger partial charge in [0.05, 0.1) is 44.2 Å². The second kappa shape index (κ2) is 30.2. The monoisotopic (exact) mass is 1420 g/mol. The molecule has 10 rings (SSSR count). The van der Waals surface area contributed by atoms with E-state index < -0.39 is 102 Å². The van der Waals surface area contributed by atoms with Gasteiger partial charge in [0.2, 0.25) is 35.4 Å². The molecule has 97 heavy (non-hydrogen) atoms. The van der Waals surface area contributed by atoms with Crippen molar-refractivity contribution in [2.75, 3.05) is 32.8 Å². The summed E-state index contributed by atoms with van der Waals surface area (Å²) in [5.41, 5.74) is 5.50. The van der Waals surface area contributed by atoms with Gasteiger partial charge < -0.3 is 65.9 Å². The molecule has 3 fully saturated rings. The van der Waals surface area contributed by atoms with Gasteiger partial charge in [-0.25, -0.2) is 4.98 Å². The number of β-amino-alcohol motifs (C(OH)–C–C–N with tert-alkyl or cyclic N) is 1. The van der Waals surface area contributed by atoms with Gasteiger partial charge in [-0.3, -0.25) is 42.9 Å². The first-order valence-corrected chi connectivity index (χ1v) is 36.1. The highest BCUT2D eigenvalue weighted by molar-refractivity contribution is 7.52. The van der Waals surface area contributed by atoms with Crippen molar-refractivity contribution in [3.8, 4) is 16.2 Å². The minimum atomic E-state index is -5.89. The Balaban J connectivity index is 0.719. The number of nitrogens with one attached hydrogen (secondary N) is 4. The van der Waals surface area contributed by atoms with Gasteiger partial charge in [-0.1, -0.05) is 79.5 Å². The quantitative estimate of drug-likeness (QED) is 0.0161. The zero-order chi connectivity index (χ0) is 69.8. The standard InChI is InChI=1S/C67H80ClF2N10O14PS2/c1-36(39-15-17-41(18-16-39)59-37(2)73-35-96-59)74-61(85)50-31-46(82)32-79(50)65(89)55-58-47(13-10-26-66(55,4)5)57(77-94-58)63(87)72-27-8-6-7-11-40-12-9-14-51(56(40)68)93-34-44(20-24-54(71)83)75-60(84)49-22-21-45-25-28-78(38(3)81)33-48(64(88)80(45)49)76-62(86)53-30-42-29-43(19-23-52(42)97-53)67(69,70)95(90,91)92/h9,12,14-19,23,29-30,35-36,44-46,48-50,55,82H,6-8,10-11,13,20-22,24-28,31-34H2,1-5H3,(H2,71,83)(H,72,87)(H,74,85)(H,75,84)(H,76,86)(H2,90,91,92)/t36-,44-,45+,46+,48-,49-,50-,55+/m0/s1. The van der Waals surface area contributed by atoms with Crippen LogP contribution in [0.15, 0.2) is 76.8 Å². The molecule has 6 heterocycles. The Bertz CT molecular complexity index is 4010. The molecule has 8 atom stereocenters. The molecule has 30 heteroatoms. The number of thiophene rings is 1. The topological polar surface area (TPSA) is 346 Å². The summed E-state index contributed by atoms with van der Waals surface area (Å²) in [7, 11) is -5.89. The summed E-state index contributed by atoms with van der Waals surface area (Å²) in [5.74, 6) is -4.50. The van der Waals surface area contributed by atoms with Crippen LogP contribution in [0, 0.1) is 12.3 Å². The van der Waals surface area contributed by atoms with Gasteiger partial charge in [0.15, 0.2) is 11.5 Å². The van der Waals surface area contributed by atoms with Gasteiger partial charge in [0.25, 0.3) is 11.8 Å². The summed E-state index contributed by atoms with van der Waals surface area (Å²) >= 11 is 9.38. The Kier molecular flexibility index (Phi) is 22.4. The predicted octanol–water partition coefficient (Wildman–Crippen LogP) is 8.17. The molecule has 6 aromatic rings. The van der Waals surface area contributed by atoms with Crippen molar-refractivity contribution in [3.05, 3.63) is 122 Å². The number of primary amides is 1. The fourth-order valence-corrected chi connectivity index (χ4v) is 16.0. The number of carbonyl (C=O) groups excluding carboxylic acids is 8. The molecule has 3 aromatic heterocycles. The van der Waals surface area contributed by atoms with Crippen molar-refractivity contribution < 1.29 is 75.9 Å². The molecule has 3 aliphatic heterocycles. The first-order valence-electron chi connectivity index (χ1n) is 32.4. The highest BCUT2D eigenvalue weighted by atomic mass is 35.5. The van der Waals surface area contributed by atoms with E-state index in [1.807, 2.05) is 58.0 Å². The maximum Gasteiger partial charge on any atom is 0.399 e. The van der Waals surface area contributed by atoms with Crippen LogP contribution in [0.4, 0.5) is 8.78 Å². The molecule has 3 aromatic carbocycles. The molecular formula is C67H80ClF2N10O14PS2. The fourth-order valence-electron chi connectivity index (χ4n) is 13.5. The third kappa shape index (κ3) is 16.2. The number of hydrogen-bond donors (Lipinski definition) is 8. The second-order valence-corrected chi connectivity index (χ2v) is 30.2. The smallest absolute Gasteiger partial charge is 0.399 e. The summed E-state index contributed by atoms with van der Waals surface area (Å²) in [6.45, 7) is 9.13. The number of fused-ring (bicyclic) bond motifs is 3. The van der Waals surface area contributed by atoms with Gasteiger partial charge in [-0.2, -0.15) is 8.78 Å². The Morgan fingerprint density at radius 1 is 0.959 bits per heavy atom. The Hall–Kier alpha value is -7.72. The van der Waals surface area contributed by atoms with E-state index in [2.05, 4.69) is 31.4 Å². The summed E-state index contributed by atoms with van der Waals surface area (Å²) in [6.07, 6.45) is 4.21. The Morgan fingerprint density at radius 2 is 1.71 bits per heavy atom. The van der Waals surface area contributed by atoms with Crippen LogP contribution < -0.4 is 31.7 Å². The number of alkyl halides is 2. The molecule has 4 aliphatic rings. The number of carbonyl (C=O) groups is 8. The number of halogens is 3. The number of nitrogens with zero attached hydrogens (tertiary/aromatic N) is 5. The van der Waals surface area contributed by atoms with Gasteiger partial charge in [0.1, 0.15) is 36.4 Å². The maximum atomic E-state index is 14.8. The van der Waals surface area contributed by atoms with E-state index in [0.29, 0.717) is 85.4 Å². The van der Waals surface area contributed by atoms with Crippen molar-refractivity contribution in [2.24, 2.45) is 11.1 Å². The molecule has 24 nitrogen and oxygen atoms in total. The average Bonchev–Trinajstić information content (AvgIpc) is 1.64. The van der Waals surface area contributed by atoms with E-state index >= 15 is 0 Å². The summed E-state index contributed by atoms with van der Waals surface area (Å²) in [4.78, 5) is 139. The molecule has 0 bridgehead atoms. The zero-order valence-electron chi connectivity index (χ0n) is 54.3. The van der Waals surface area contributed by atoms with Crippen LogP contribution in [-0.2, 0) is 51.8 Å². The van der Waals surface area contributed by atoms with Crippen molar-refractivity contribution in [1.82, 2.24) is 46.1 Å². The number of thiazole rings is 1. The predicted molar refractivity (Wildman–Crippen MR) is 358 cm³/mol. The van der Waals surface area contributed by atoms with E-state index in [1.54, 1.807) is 29.0 Å². The van der Waals surface area contributed by atoms with E-state index in [4.69, 9.17) is 26.6 Å². The first kappa shape index (κ1) is 72.0. The van der Waals surface area contributed by atoms with Crippen LogP contribution in [0.5, 0.6) is 5.75 Å². The lowest BCUT2D eigenvalue weighted by molar-refractivity contribution is -0.145. The number of aromatic nitrogens is 2. The van der Waals surface area contributed by atoms with Gasteiger partial charge in [0, 0.05) is 67.8 Å². The van der Waals surface area contributed by atoms with Crippen LogP contribution in [-0.4, -0.2) is 156 Å². The lowest BCUT2D eigenvalue weighted by Gasteiger charge is -2.38. The Morgan fingerprint density at radius 3 is 2.42 bits per heavy atom. The van der Waals surface area contributed by atoms with Crippen LogP contribution in [0.1, 0.15) is 164 Å². The van der Waals surface area contributed by atoms with Gasteiger partial charge in [-0.05, 0) is 130 Å². The minimum absolute atomic E-state index is 0.0188. The number of aliphatic hydroxyl groups excluding tert-OH is 1. The molecule has 0 saturated carbocycles. The number of nitrogens with two attached hydrogens (primary N) is 1. The van der Waals surface area contributed by atoms with Gasteiger partial charge >= 0.3 is 13.3 Å². The van der Waals surface area contributed by atoms with Crippen molar-refractivity contribution in [1.29, 1.82) is 0 Å². The van der Waals surface area contributed by atoms with Crippen molar-refractivity contribution in [2.45, 2.75) is 172 Å².